The van der Waals surface area contributed by atoms with Gasteiger partial charge in [-0.1, -0.05) is 11.6 Å². The molecule has 1 heterocycles. The van der Waals surface area contributed by atoms with Crippen LogP contribution in [0, 0.1) is 0 Å². The Balaban J connectivity index is 2.21. The molecule has 6 heteroatoms. The van der Waals surface area contributed by atoms with E-state index in [1.807, 2.05) is 0 Å². The van der Waals surface area contributed by atoms with Crippen LogP contribution < -0.4 is 4.74 Å². The van der Waals surface area contributed by atoms with Gasteiger partial charge >= 0.3 is 6.18 Å². The first kappa shape index (κ1) is 13.2. The van der Waals surface area contributed by atoms with Crippen LogP contribution in [0.5, 0.6) is 5.75 Å². The highest BCUT2D eigenvalue weighted by atomic mass is 35.5. The van der Waals surface area contributed by atoms with E-state index in [0.717, 1.165) is 5.56 Å². The Morgan fingerprint density at radius 2 is 2.11 bits per heavy atom. The molecule has 1 aromatic carbocycles. The lowest BCUT2D eigenvalue weighted by Crippen LogP contribution is -2.11. The van der Waals surface area contributed by atoms with Crippen LogP contribution in [0.1, 0.15) is 28.8 Å². The Morgan fingerprint density at radius 1 is 1.39 bits per heavy atom. The molecule has 18 heavy (non-hydrogen) atoms. The lowest BCUT2D eigenvalue weighted by Gasteiger charge is -2.09. The average Bonchev–Trinajstić information content (AvgIpc) is 2.71. The van der Waals surface area contributed by atoms with Crippen molar-refractivity contribution >= 4 is 17.4 Å². The molecule has 0 saturated heterocycles. The van der Waals surface area contributed by atoms with E-state index in [9.17, 15) is 18.0 Å². The van der Waals surface area contributed by atoms with Gasteiger partial charge in [-0.25, -0.2) is 0 Å². The molecule has 1 aromatic rings. The number of alkyl halides is 3. The smallest absolute Gasteiger partial charge is 0.389 e. The highest BCUT2D eigenvalue weighted by molar-refractivity contribution is 6.31. The second-order valence-electron chi connectivity index (χ2n) is 4.08. The summed E-state index contributed by atoms with van der Waals surface area (Å²) in [6.07, 6.45) is -5.43. The normalized spacial score (nSPS) is 14.2. The number of hydrogen-bond donors (Lipinski definition) is 0. The van der Waals surface area contributed by atoms with Gasteiger partial charge in [0.05, 0.1) is 18.6 Å². The number of fused-ring (bicyclic) bond motifs is 1. The van der Waals surface area contributed by atoms with Crippen LogP contribution in [-0.4, -0.2) is 18.6 Å². The molecule has 0 saturated carbocycles. The van der Waals surface area contributed by atoms with Gasteiger partial charge in [0.1, 0.15) is 5.75 Å². The molecule has 1 aliphatic rings. The van der Waals surface area contributed by atoms with E-state index < -0.39 is 24.8 Å². The van der Waals surface area contributed by atoms with Crippen molar-refractivity contribution in [1.29, 1.82) is 0 Å². The first-order valence-electron chi connectivity index (χ1n) is 5.42. The number of carbonyl (C=O) groups is 1. The number of ether oxygens (including phenoxy) is 1. The van der Waals surface area contributed by atoms with E-state index >= 15 is 0 Å². The summed E-state index contributed by atoms with van der Waals surface area (Å²) in [4.78, 5) is 11.8. The summed E-state index contributed by atoms with van der Waals surface area (Å²) in [6.45, 7) is 0.426. The third-order valence-corrected chi connectivity index (χ3v) is 2.90. The maximum absolute atomic E-state index is 12.1. The molecular formula is C12H10ClF3O2. The van der Waals surface area contributed by atoms with E-state index in [-0.39, 0.29) is 5.56 Å². The molecule has 2 rings (SSSR count). The van der Waals surface area contributed by atoms with Crippen LogP contribution in [0.2, 0.25) is 5.02 Å². The Labute approximate surface area is 107 Å². The molecular weight excluding hydrogens is 269 g/mol. The molecule has 0 spiro atoms. The van der Waals surface area contributed by atoms with E-state index in [1.165, 1.54) is 6.07 Å². The van der Waals surface area contributed by atoms with Crippen LogP contribution in [-0.2, 0) is 6.42 Å². The molecule has 1 aliphatic heterocycles. The second-order valence-corrected chi connectivity index (χ2v) is 4.51. The fourth-order valence-electron chi connectivity index (χ4n) is 1.87. The summed E-state index contributed by atoms with van der Waals surface area (Å²) in [5, 5.41) is 0.342. The van der Waals surface area contributed by atoms with Gasteiger partial charge in [-0.15, -0.1) is 0 Å². The zero-order chi connectivity index (χ0) is 13.3. The van der Waals surface area contributed by atoms with Crippen molar-refractivity contribution in [2.45, 2.75) is 25.4 Å². The van der Waals surface area contributed by atoms with Crippen molar-refractivity contribution in [1.82, 2.24) is 0 Å². The Hall–Kier alpha value is -1.23. The van der Waals surface area contributed by atoms with Crippen molar-refractivity contribution < 1.29 is 22.7 Å². The quantitative estimate of drug-likeness (QED) is 0.786. The number of hydrogen-bond acceptors (Lipinski definition) is 2. The number of ketones is 1. The summed E-state index contributed by atoms with van der Waals surface area (Å²) in [5.41, 5.74) is 0.928. The largest absolute Gasteiger partial charge is 0.492 e. The number of rotatable bonds is 3. The topological polar surface area (TPSA) is 26.3 Å². The third-order valence-electron chi connectivity index (χ3n) is 2.68. The van der Waals surface area contributed by atoms with Crippen LogP contribution in [0.25, 0.3) is 0 Å². The minimum absolute atomic E-state index is 0.152. The fourth-order valence-corrected chi connectivity index (χ4v) is 2.11. The summed E-state index contributed by atoms with van der Waals surface area (Å²) >= 11 is 5.83. The molecule has 98 valence electrons. The van der Waals surface area contributed by atoms with Crippen molar-refractivity contribution in [2.75, 3.05) is 6.61 Å². The molecule has 0 amide bonds. The highest BCUT2D eigenvalue weighted by Crippen LogP contribution is 2.34. The van der Waals surface area contributed by atoms with Crippen molar-refractivity contribution in [3.8, 4) is 5.75 Å². The van der Waals surface area contributed by atoms with Gasteiger partial charge in [0.25, 0.3) is 0 Å². The SMILES string of the molecule is O=C(CCC(F)(F)F)c1cc(Cl)cc2c1OCC2. The van der Waals surface area contributed by atoms with Crippen molar-refractivity contribution in [3.63, 3.8) is 0 Å². The van der Waals surface area contributed by atoms with E-state index in [4.69, 9.17) is 16.3 Å². The first-order chi connectivity index (χ1) is 8.37. The van der Waals surface area contributed by atoms with Crippen LogP contribution in [0.3, 0.4) is 0 Å². The summed E-state index contributed by atoms with van der Waals surface area (Å²) in [5.74, 6) is -0.209. The Morgan fingerprint density at radius 3 is 2.78 bits per heavy atom. The molecule has 0 radical (unpaired) electrons. The Bertz CT molecular complexity index is 483. The number of halogens is 4. The molecule has 0 aromatic heterocycles. The number of Topliss-reactive ketones (excluding diaryl/α,β-unsaturated/α-hetero) is 1. The molecule has 2 nitrogen and oxygen atoms in total. The minimum atomic E-state index is -4.34. The predicted molar refractivity (Wildman–Crippen MR) is 60.3 cm³/mol. The van der Waals surface area contributed by atoms with Gasteiger partial charge in [0, 0.05) is 17.9 Å². The van der Waals surface area contributed by atoms with Crippen LogP contribution in [0.4, 0.5) is 13.2 Å². The molecule has 0 aliphatic carbocycles. The maximum atomic E-state index is 12.1. The second kappa shape index (κ2) is 4.80. The molecule has 0 fully saturated rings. The average molecular weight is 279 g/mol. The zero-order valence-corrected chi connectivity index (χ0v) is 10.1. The molecule has 0 N–H and O–H groups in total. The van der Waals surface area contributed by atoms with Crippen molar-refractivity contribution in [2.24, 2.45) is 0 Å². The van der Waals surface area contributed by atoms with E-state index in [2.05, 4.69) is 0 Å². The monoisotopic (exact) mass is 278 g/mol. The molecule has 0 atom stereocenters. The zero-order valence-electron chi connectivity index (χ0n) is 9.31. The van der Waals surface area contributed by atoms with Gasteiger partial charge in [-0.3, -0.25) is 4.79 Å². The van der Waals surface area contributed by atoms with Gasteiger partial charge in [0.15, 0.2) is 5.78 Å². The van der Waals surface area contributed by atoms with E-state index in [0.29, 0.717) is 23.8 Å². The third kappa shape index (κ3) is 2.96. The van der Waals surface area contributed by atoms with Gasteiger partial charge in [0.2, 0.25) is 0 Å². The fraction of sp³-hybridized carbons (Fsp3) is 0.417. The summed E-state index contributed by atoms with van der Waals surface area (Å²) in [7, 11) is 0. The van der Waals surface area contributed by atoms with Crippen molar-refractivity contribution in [3.05, 3.63) is 28.3 Å². The Kier molecular flexibility index (Phi) is 3.52. The molecule has 0 unspecified atom stereocenters. The van der Waals surface area contributed by atoms with E-state index in [1.54, 1.807) is 6.07 Å². The lowest BCUT2D eigenvalue weighted by molar-refractivity contribution is -0.133. The van der Waals surface area contributed by atoms with Gasteiger partial charge < -0.3 is 4.74 Å². The summed E-state index contributed by atoms with van der Waals surface area (Å²) in [6, 6.07) is 3.04. The first-order valence-corrected chi connectivity index (χ1v) is 5.80. The van der Waals surface area contributed by atoms with Crippen LogP contribution >= 0.6 is 11.6 Å². The van der Waals surface area contributed by atoms with Gasteiger partial charge in [-0.2, -0.15) is 13.2 Å². The highest BCUT2D eigenvalue weighted by Gasteiger charge is 2.29. The van der Waals surface area contributed by atoms with Gasteiger partial charge in [-0.05, 0) is 17.7 Å². The maximum Gasteiger partial charge on any atom is 0.389 e. The minimum Gasteiger partial charge on any atom is -0.492 e. The molecule has 0 bridgehead atoms. The predicted octanol–water partition coefficient (Wildman–Crippen LogP) is 3.80. The number of carbonyl (C=O) groups excluding carboxylic acids is 1. The lowest BCUT2D eigenvalue weighted by atomic mass is 10.0. The van der Waals surface area contributed by atoms with Crippen LogP contribution in [0.15, 0.2) is 12.1 Å². The standard InChI is InChI=1S/C12H10ClF3O2/c13-8-5-7-2-4-18-11(7)9(6-8)10(17)1-3-12(14,15)16/h5-6H,1-4H2. The number of benzene rings is 1. The summed E-state index contributed by atoms with van der Waals surface area (Å²) < 4.78 is 41.5.